The van der Waals surface area contributed by atoms with E-state index in [2.05, 4.69) is 79.2 Å². The normalized spacial score (nSPS) is 11.4. The van der Waals surface area contributed by atoms with Crippen molar-refractivity contribution in [2.75, 3.05) is 18.0 Å². The summed E-state index contributed by atoms with van der Waals surface area (Å²) in [5.74, 6) is 0. The Morgan fingerprint density at radius 2 is 1.59 bits per heavy atom. The summed E-state index contributed by atoms with van der Waals surface area (Å²) in [6.07, 6.45) is 4.28. The van der Waals surface area contributed by atoms with E-state index in [-0.39, 0.29) is 0 Å². The fourth-order valence-corrected chi connectivity index (χ4v) is 4.14. The Bertz CT molecular complexity index is 1070. The van der Waals surface area contributed by atoms with Gasteiger partial charge in [-0.1, -0.05) is 50.2 Å². The van der Waals surface area contributed by atoms with Gasteiger partial charge in [-0.15, -0.1) is 0 Å². The van der Waals surface area contributed by atoms with Gasteiger partial charge < -0.3 is 9.88 Å². The molecule has 0 bridgehead atoms. The van der Waals surface area contributed by atoms with Crippen LogP contribution in [0.15, 0.2) is 54.7 Å². The zero-order valence-corrected chi connectivity index (χ0v) is 16.4. The molecule has 0 saturated carbocycles. The topological polar surface area (TPSA) is 31.9 Å². The van der Waals surface area contributed by atoms with Crippen molar-refractivity contribution < 1.29 is 0 Å². The van der Waals surface area contributed by atoms with Gasteiger partial charge in [0.05, 0.1) is 17.1 Å². The summed E-state index contributed by atoms with van der Waals surface area (Å²) in [5.41, 5.74) is 5.82. The van der Waals surface area contributed by atoms with Gasteiger partial charge in [0.2, 0.25) is 0 Å². The fourth-order valence-electron chi connectivity index (χ4n) is 4.14. The number of fused-ring (bicyclic) bond motifs is 2. The van der Waals surface area contributed by atoms with E-state index in [1.165, 1.54) is 27.4 Å². The Kier molecular flexibility index (Phi) is 4.85. The molecule has 2 aromatic carbocycles. The van der Waals surface area contributed by atoms with E-state index in [1.54, 1.807) is 0 Å². The Balaban J connectivity index is 2.00. The number of pyridine rings is 1. The Morgan fingerprint density at radius 3 is 2.33 bits per heavy atom. The zero-order chi connectivity index (χ0) is 18.8. The van der Waals surface area contributed by atoms with E-state index < -0.39 is 0 Å². The summed E-state index contributed by atoms with van der Waals surface area (Å²) < 4.78 is 0. The number of rotatable bonds is 6. The molecule has 0 unspecified atom stereocenters. The lowest BCUT2D eigenvalue weighted by Crippen LogP contribution is -2.26. The van der Waals surface area contributed by atoms with Gasteiger partial charge >= 0.3 is 0 Å². The SMILES string of the molecule is CCCN(CCC)c1c(C)nc(-c2cccc3[nH]ccc23)c2ccccc12. The van der Waals surface area contributed by atoms with Crippen molar-refractivity contribution in [3.05, 3.63) is 60.4 Å². The van der Waals surface area contributed by atoms with Crippen LogP contribution >= 0.6 is 0 Å². The molecule has 3 heteroatoms. The van der Waals surface area contributed by atoms with E-state index in [0.29, 0.717) is 0 Å². The van der Waals surface area contributed by atoms with Crippen LogP contribution < -0.4 is 4.90 Å². The first-order valence-electron chi connectivity index (χ1n) is 9.95. The minimum Gasteiger partial charge on any atom is -0.370 e. The second-order valence-corrected chi connectivity index (χ2v) is 7.17. The number of nitrogens with zero attached hydrogens (tertiary/aromatic N) is 2. The maximum Gasteiger partial charge on any atom is 0.0791 e. The number of nitrogens with one attached hydrogen (secondary N) is 1. The molecule has 0 atom stereocenters. The van der Waals surface area contributed by atoms with E-state index in [4.69, 9.17) is 4.98 Å². The summed E-state index contributed by atoms with van der Waals surface area (Å²) in [6, 6.07) is 17.3. The van der Waals surface area contributed by atoms with Crippen LogP contribution in [0.1, 0.15) is 32.4 Å². The van der Waals surface area contributed by atoms with Crippen molar-refractivity contribution >= 4 is 27.4 Å². The van der Waals surface area contributed by atoms with Crippen LogP contribution in [-0.2, 0) is 0 Å². The lowest BCUT2D eigenvalue weighted by atomic mass is 9.98. The van der Waals surface area contributed by atoms with Gasteiger partial charge in [-0.25, -0.2) is 0 Å². The predicted octanol–water partition coefficient (Wildman–Crippen LogP) is 6.32. The largest absolute Gasteiger partial charge is 0.370 e. The van der Waals surface area contributed by atoms with Gasteiger partial charge in [0, 0.05) is 46.5 Å². The molecule has 4 aromatic rings. The molecular formula is C24H27N3. The second-order valence-electron chi connectivity index (χ2n) is 7.17. The number of hydrogen-bond acceptors (Lipinski definition) is 2. The molecule has 4 rings (SSSR count). The molecule has 2 heterocycles. The van der Waals surface area contributed by atoms with Crippen LogP contribution in [0.3, 0.4) is 0 Å². The monoisotopic (exact) mass is 357 g/mol. The summed E-state index contributed by atoms with van der Waals surface area (Å²) in [5, 5.41) is 3.75. The maximum atomic E-state index is 5.13. The third-order valence-corrected chi connectivity index (χ3v) is 5.21. The third kappa shape index (κ3) is 3.08. The Morgan fingerprint density at radius 1 is 0.852 bits per heavy atom. The molecule has 0 aliphatic carbocycles. The summed E-state index contributed by atoms with van der Waals surface area (Å²) in [4.78, 5) is 11.0. The average Bonchev–Trinajstić information content (AvgIpc) is 3.16. The van der Waals surface area contributed by atoms with E-state index in [1.807, 2.05) is 6.20 Å². The van der Waals surface area contributed by atoms with Crippen LogP contribution in [0, 0.1) is 6.92 Å². The minimum atomic E-state index is 1.06. The van der Waals surface area contributed by atoms with Crippen molar-refractivity contribution in [1.82, 2.24) is 9.97 Å². The van der Waals surface area contributed by atoms with Crippen LogP contribution in [0.2, 0.25) is 0 Å². The summed E-state index contributed by atoms with van der Waals surface area (Å²) in [7, 11) is 0. The number of aryl methyl sites for hydroxylation is 1. The van der Waals surface area contributed by atoms with Crippen molar-refractivity contribution in [1.29, 1.82) is 0 Å². The molecule has 0 aliphatic heterocycles. The van der Waals surface area contributed by atoms with Gasteiger partial charge in [-0.2, -0.15) is 0 Å². The van der Waals surface area contributed by atoms with E-state index >= 15 is 0 Å². The molecule has 0 amide bonds. The molecular weight excluding hydrogens is 330 g/mol. The molecule has 0 saturated heterocycles. The van der Waals surface area contributed by atoms with Crippen molar-refractivity contribution in [3.63, 3.8) is 0 Å². The van der Waals surface area contributed by atoms with Crippen LogP contribution in [0.5, 0.6) is 0 Å². The van der Waals surface area contributed by atoms with Crippen LogP contribution in [0.25, 0.3) is 32.9 Å². The molecule has 138 valence electrons. The zero-order valence-electron chi connectivity index (χ0n) is 16.4. The van der Waals surface area contributed by atoms with Gasteiger partial charge in [0.1, 0.15) is 0 Å². The average molecular weight is 358 g/mol. The van der Waals surface area contributed by atoms with E-state index in [9.17, 15) is 0 Å². The number of aromatic nitrogens is 2. The van der Waals surface area contributed by atoms with Gasteiger partial charge in [0.25, 0.3) is 0 Å². The molecule has 0 radical (unpaired) electrons. The molecule has 0 aliphatic rings. The summed E-state index contributed by atoms with van der Waals surface area (Å²) in [6.45, 7) is 8.77. The number of benzene rings is 2. The van der Waals surface area contributed by atoms with Crippen LogP contribution in [0.4, 0.5) is 5.69 Å². The quantitative estimate of drug-likeness (QED) is 0.438. The first-order valence-corrected chi connectivity index (χ1v) is 9.95. The van der Waals surface area contributed by atoms with Crippen molar-refractivity contribution in [2.24, 2.45) is 0 Å². The first kappa shape index (κ1) is 17.6. The first-order chi connectivity index (χ1) is 13.2. The van der Waals surface area contributed by atoms with Crippen molar-refractivity contribution in [2.45, 2.75) is 33.6 Å². The molecule has 2 aromatic heterocycles. The number of anilines is 1. The number of H-pyrrole nitrogens is 1. The van der Waals surface area contributed by atoms with Gasteiger partial charge in [0.15, 0.2) is 0 Å². The fraction of sp³-hybridized carbons (Fsp3) is 0.292. The van der Waals surface area contributed by atoms with Crippen molar-refractivity contribution in [3.8, 4) is 11.3 Å². The molecule has 1 N–H and O–H groups in total. The minimum absolute atomic E-state index is 1.06. The lowest BCUT2D eigenvalue weighted by molar-refractivity contribution is 0.743. The highest BCUT2D eigenvalue weighted by molar-refractivity contribution is 6.07. The van der Waals surface area contributed by atoms with Gasteiger partial charge in [-0.3, -0.25) is 4.98 Å². The Hall–Kier alpha value is -2.81. The Labute approximate surface area is 161 Å². The number of aromatic amines is 1. The standard InChI is InChI=1S/C24H27N3/c1-4-15-27(16-5-2)24-17(3)26-23(20-9-6-7-10-21(20)24)19-11-8-12-22-18(19)13-14-25-22/h6-14,25H,4-5,15-16H2,1-3H3. The highest BCUT2D eigenvalue weighted by Gasteiger charge is 2.18. The molecule has 0 fully saturated rings. The highest BCUT2D eigenvalue weighted by Crippen LogP contribution is 2.38. The summed E-state index contributed by atoms with van der Waals surface area (Å²) >= 11 is 0. The predicted molar refractivity (Wildman–Crippen MR) is 117 cm³/mol. The molecule has 0 spiro atoms. The number of hydrogen-bond donors (Lipinski definition) is 1. The third-order valence-electron chi connectivity index (χ3n) is 5.21. The molecule has 27 heavy (non-hydrogen) atoms. The van der Waals surface area contributed by atoms with E-state index in [0.717, 1.165) is 42.8 Å². The smallest absolute Gasteiger partial charge is 0.0791 e. The molecule has 3 nitrogen and oxygen atoms in total. The highest BCUT2D eigenvalue weighted by atomic mass is 15.1. The second kappa shape index (κ2) is 7.43. The van der Waals surface area contributed by atoms with Gasteiger partial charge in [-0.05, 0) is 31.9 Å². The van der Waals surface area contributed by atoms with Crippen LogP contribution in [-0.4, -0.2) is 23.1 Å². The maximum absolute atomic E-state index is 5.13. The lowest BCUT2D eigenvalue weighted by Gasteiger charge is -2.27.